The van der Waals surface area contributed by atoms with Gasteiger partial charge >= 0.3 is 17.9 Å². The normalized spacial score (nSPS) is 41.6. The predicted octanol–water partition coefficient (Wildman–Crippen LogP) is 4.00. The summed E-state index contributed by atoms with van der Waals surface area (Å²) >= 11 is 0. The molecule has 0 bridgehead atoms. The molecule has 3 saturated heterocycles. The maximum absolute atomic E-state index is 14.2. The summed E-state index contributed by atoms with van der Waals surface area (Å²) in [5.74, 6) is -4.87. The van der Waals surface area contributed by atoms with Crippen LogP contribution in [0, 0.1) is 29.6 Å². The van der Waals surface area contributed by atoms with E-state index in [1.165, 1.54) is 27.2 Å². The summed E-state index contributed by atoms with van der Waals surface area (Å²) in [6, 6.07) is -0.809. The summed E-state index contributed by atoms with van der Waals surface area (Å²) in [7, 11) is 6.41. The number of rotatable bonds is 17. The highest BCUT2D eigenvalue weighted by molar-refractivity contribution is 5.91. The first-order valence-corrected chi connectivity index (χ1v) is 25.9. The molecule has 20 nitrogen and oxygen atoms in total. The van der Waals surface area contributed by atoms with Gasteiger partial charge in [-0.25, -0.2) is 0 Å². The van der Waals surface area contributed by atoms with Crippen LogP contribution >= 0.6 is 0 Å². The number of aldehydes is 1. The van der Waals surface area contributed by atoms with Crippen LogP contribution < -0.4 is 0 Å². The Kier molecular flexibility index (Phi) is 24.1. The summed E-state index contributed by atoms with van der Waals surface area (Å²) in [6.07, 6.45) is -8.67. The zero-order chi connectivity index (χ0) is 54.6. The van der Waals surface area contributed by atoms with E-state index in [1.807, 2.05) is 26.8 Å². The minimum atomic E-state index is -1.53. The number of hydrogen-bond donors (Lipinski definition) is 3. The van der Waals surface area contributed by atoms with Crippen molar-refractivity contribution in [2.45, 2.75) is 218 Å². The molecule has 0 unspecified atom stereocenters. The van der Waals surface area contributed by atoms with Gasteiger partial charge in [0.1, 0.15) is 54.6 Å². The molecule has 0 aromatic rings. The zero-order valence-electron chi connectivity index (χ0n) is 45.7. The third-order valence-electron chi connectivity index (χ3n) is 14.5. The Morgan fingerprint density at radius 3 is 2.12 bits per heavy atom. The number of carbonyl (C=O) groups is 5. The molecule has 3 fully saturated rings. The van der Waals surface area contributed by atoms with Crippen molar-refractivity contribution in [3.05, 3.63) is 23.8 Å². The summed E-state index contributed by atoms with van der Waals surface area (Å²) in [4.78, 5) is 67.9. The first-order chi connectivity index (χ1) is 34.3. The van der Waals surface area contributed by atoms with E-state index in [-0.39, 0.29) is 44.0 Å². The van der Waals surface area contributed by atoms with Crippen LogP contribution in [0.25, 0.3) is 0 Å². The van der Waals surface area contributed by atoms with Crippen molar-refractivity contribution >= 4 is 30.0 Å². The molecule has 4 aliphatic rings. The monoisotopic (exact) mass is 1040 g/mol. The number of cyclic esters (lactones) is 1. The largest absolute Gasteiger partial charge is 0.462 e. The van der Waals surface area contributed by atoms with Crippen molar-refractivity contribution in [2.24, 2.45) is 29.6 Å². The van der Waals surface area contributed by atoms with Gasteiger partial charge in [0.25, 0.3) is 0 Å². The Morgan fingerprint density at radius 2 is 1.55 bits per heavy atom. The Bertz CT molecular complexity index is 1860. The van der Waals surface area contributed by atoms with Gasteiger partial charge in [0.15, 0.2) is 30.8 Å². The molecule has 0 aromatic carbocycles. The fourth-order valence-electron chi connectivity index (χ4n) is 10.6. The maximum atomic E-state index is 14.2. The number of nitrogens with zero attached hydrogens (tertiary/aromatic N) is 1. The van der Waals surface area contributed by atoms with Crippen molar-refractivity contribution in [1.82, 2.24) is 4.90 Å². The predicted molar refractivity (Wildman–Crippen MR) is 263 cm³/mol. The molecule has 0 aliphatic carbocycles. The van der Waals surface area contributed by atoms with E-state index in [9.17, 15) is 39.3 Å². The number of ketones is 1. The fourth-order valence-corrected chi connectivity index (χ4v) is 10.6. The van der Waals surface area contributed by atoms with E-state index in [2.05, 4.69) is 0 Å². The van der Waals surface area contributed by atoms with Crippen LogP contribution in [-0.2, 0) is 76.1 Å². The number of likely N-dealkylation sites (N-methyl/N-ethyl adjacent to an activating group) is 1. The summed E-state index contributed by atoms with van der Waals surface area (Å²) in [5.41, 5.74) is -0.865. The molecule has 0 amide bonds. The number of allylic oxidation sites excluding steroid dienone is 3. The third-order valence-corrected chi connectivity index (χ3v) is 14.5. The highest BCUT2D eigenvalue weighted by Crippen LogP contribution is 2.39. The third kappa shape index (κ3) is 16.9. The lowest BCUT2D eigenvalue weighted by molar-refractivity contribution is -0.342. The molecule has 3 N–H and O–H groups in total. The summed E-state index contributed by atoms with van der Waals surface area (Å²) in [5, 5.41) is 34.6. The lowest BCUT2D eigenvalue weighted by atomic mass is 9.79. The minimum absolute atomic E-state index is 0.0378. The second kappa shape index (κ2) is 28.2. The molecule has 0 aromatic heterocycles. The van der Waals surface area contributed by atoms with E-state index in [1.54, 1.807) is 73.5 Å². The number of aliphatic hydroxyl groups excluding tert-OH is 2. The van der Waals surface area contributed by atoms with Crippen molar-refractivity contribution in [1.29, 1.82) is 0 Å². The highest BCUT2D eigenvalue weighted by Gasteiger charge is 2.53. The van der Waals surface area contributed by atoms with Crippen LogP contribution in [0.1, 0.15) is 115 Å². The summed E-state index contributed by atoms with van der Waals surface area (Å²) in [6.45, 7) is 18.7. The Labute approximate surface area is 432 Å². The molecule has 4 aliphatic heterocycles. The van der Waals surface area contributed by atoms with Gasteiger partial charge in [-0.3, -0.25) is 19.2 Å². The second-order valence-corrected chi connectivity index (χ2v) is 21.4. The zero-order valence-corrected chi connectivity index (χ0v) is 45.7. The van der Waals surface area contributed by atoms with Crippen LogP contribution in [0.4, 0.5) is 0 Å². The van der Waals surface area contributed by atoms with Crippen LogP contribution in [-0.4, -0.2) is 189 Å². The fraction of sp³-hybridized carbons (Fsp3) is 0.830. The standard InChI is InChI=1S/C53H87NO19/c1-16-38-36(26-65-52-49(64-15)48(63-14)44(60)31(7)67-52)22-28(4)17-18-37(57)29(5)23-35(19-20-55)46(30(6)39(69-34(10)56)24-41(59)70-38)73-51-45(61)43(54(12)13)47(32(8)68-51)72-42-25-53(11,62)50(33(9)66-42)71-40(58)21-27(2)3/h17-18,20,22,27,29-33,35-36,38-39,42-52,60-62H,16,19,21,23-26H2,1-15H3/b18-17-,28-22-/t29-,30+,31-,32-,33+,35+,36-,38-,39-,42+,43-,44-,45-,46-,47-,48-,49-,50+,51+,52-,53-/m1/s1. The van der Waals surface area contributed by atoms with Gasteiger partial charge in [0.2, 0.25) is 0 Å². The van der Waals surface area contributed by atoms with Crippen molar-refractivity contribution in [3.8, 4) is 0 Å². The SMILES string of the molecule is CC[C@H]1OC(=O)C[C@@H](OC(C)=O)[C@H](C)[C@@H](O[C@@H]2O[C@H](C)[C@@H](O[C@H]3C[C@@](C)(O)[C@@H](OC(=O)CC(C)C)[C@H](C)O3)[C@H](N(C)C)[C@H]2O)[C@@H](CC=O)C[C@@H](C)C(=O)/C=C\C(C)=C/[C@@H]1CO[C@@H]1O[C@H](C)[C@@H](O)[C@@H](OC)[C@H]1OC. The smallest absolute Gasteiger partial charge is 0.309 e. The molecule has 4 heterocycles. The molecule has 73 heavy (non-hydrogen) atoms. The van der Waals surface area contributed by atoms with E-state index in [0.717, 1.165) is 0 Å². The molecule has 4 rings (SSSR count). The maximum Gasteiger partial charge on any atom is 0.309 e. The highest BCUT2D eigenvalue weighted by atomic mass is 16.7. The Morgan fingerprint density at radius 1 is 0.890 bits per heavy atom. The van der Waals surface area contributed by atoms with Gasteiger partial charge in [0, 0.05) is 58.2 Å². The van der Waals surface area contributed by atoms with Crippen molar-refractivity contribution < 1.29 is 91.4 Å². The van der Waals surface area contributed by atoms with Gasteiger partial charge in [-0.15, -0.1) is 0 Å². The molecular weight excluding hydrogens is 955 g/mol. The van der Waals surface area contributed by atoms with Gasteiger partial charge in [-0.1, -0.05) is 52.3 Å². The van der Waals surface area contributed by atoms with Gasteiger partial charge in [-0.2, -0.15) is 0 Å². The number of esters is 3. The quantitative estimate of drug-likeness (QED) is 0.106. The molecule has 20 heteroatoms. The number of aliphatic hydroxyl groups is 3. The number of methoxy groups -OCH3 is 2. The number of carbonyl (C=O) groups excluding carboxylic acids is 5. The van der Waals surface area contributed by atoms with Gasteiger partial charge in [-0.05, 0) is 79.5 Å². The lowest BCUT2D eigenvalue weighted by Crippen LogP contribution is -2.65. The Balaban J connectivity index is 1.66. The first-order valence-electron chi connectivity index (χ1n) is 25.9. The second-order valence-electron chi connectivity index (χ2n) is 21.4. The van der Waals surface area contributed by atoms with E-state index in [0.29, 0.717) is 18.3 Å². The van der Waals surface area contributed by atoms with Crippen molar-refractivity contribution in [2.75, 3.05) is 34.9 Å². The van der Waals surface area contributed by atoms with E-state index >= 15 is 0 Å². The lowest BCUT2D eigenvalue weighted by Gasteiger charge is -2.50. The van der Waals surface area contributed by atoms with E-state index < -0.39 is 152 Å². The van der Waals surface area contributed by atoms with Crippen molar-refractivity contribution in [3.63, 3.8) is 0 Å². The first kappa shape index (κ1) is 62.3. The number of hydrogen-bond acceptors (Lipinski definition) is 20. The molecule has 418 valence electrons. The molecule has 0 radical (unpaired) electrons. The average Bonchev–Trinajstić information content (AvgIpc) is 3.29. The van der Waals surface area contributed by atoms with Crippen LogP contribution in [0.15, 0.2) is 23.8 Å². The van der Waals surface area contributed by atoms with Crippen LogP contribution in [0.5, 0.6) is 0 Å². The molecule has 0 spiro atoms. The van der Waals surface area contributed by atoms with Crippen LogP contribution in [0.2, 0.25) is 0 Å². The topological polar surface area (TPSA) is 251 Å². The molecule has 0 saturated carbocycles. The minimum Gasteiger partial charge on any atom is -0.462 e. The molecule has 21 atom stereocenters. The number of ether oxygens (including phenoxy) is 11. The Hall–Kier alpha value is -3.25. The van der Waals surface area contributed by atoms with Gasteiger partial charge in [0.05, 0.1) is 43.5 Å². The van der Waals surface area contributed by atoms with Crippen LogP contribution in [0.3, 0.4) is 0 Å². The average molecular weight is 1040 g/mol. The van der Waals surface area contributed by atoms with Gasteiger partial charge < -0.3 is 77.1 Å². The van der Waals surface area contributed by atoms with E-state index in [4.69, 9.17) is 52.1 Å². The summed E-state index contributed by atoms with van der Waals surface area (Å²) < 4.78 is 67.2. The molecular formula is C53H87NO19.